The summed E-state index contributed by atoms with van der Waals surface area (Å²) in [6, 6.07) is 9.21. The Hall–Kier alpha value is -0.670. The molecule has 0 N–H and O–H groups in total. The second-order valence-corrected chi connectivity index (χ2v) is 10.2. The fourth-order valence-corrected chi connectivity index (χ4v) is 4.29. The van der Waals surface area contributed by atoms with Crippen molar-refractivity contribution in [2.75, 3.05) is 6.54 Å². The van der Waals surface area contributed by atoms with Crippen LogP contribution >= 0.6 is 0 Å². The quantitative estimate of drug-likeness (QED) is 0.783. The Kier molecular flexibility index (Phi) is 4.65. The van der Waals surface area contributed by atoms with Crippen molar-refractivity contribution in [3.63, 3.8) is 0 Å². The van der Waals surface area contributed by atoms with Crippen molar-refractivity contribution in [1.29, 1.82) is 0 Å². The smallest absolute Gasteiger partial charge is 0.100 e. The Morgan fingerprint density at radius 2 is 1.62 bits per heavy atom. The summed E-state index contributed by atoms with van der Waals surface area (Å²) < 4.78 is 14.7. The topological polar surface area (TPSA) is 20.3 Å². The van der Waals surface area contributed by atoms with Gasteiger partial charge in [0.05, 0.1) is 4.75 Å². The summed E-state index contributed by atoms with van der Waals surface area (Å²) in [5.41, 5.74) is 2.84. The van der Waals surface area contributed by atoms with Crippen LogP contribution in [-0.2, 0) is 16.4 Å². The maximum absolute atomic E-state index is 12.7. The van der Waals surface area contributed by atoms with Gasteiger partial charge in [-0.25, -0.2) is 8.51 Å². The molecule has 3 heteroatoms. The molecule has 1 heterocycles. The van der Waals surface area contributed by atoms with Crippen LogP contribution in [0.3, 0.4) is 0 Å². The first kappa shape index (κ1) is 16.7. The van der Waals surface area contributed by atoms with Crippen LogP contribution < -0.4 is 0 Å². The van der Waals surface area contributed by atoms with Crippen LogP contribution in [-0.4, -0.2) is 19.8 Å². The van der Waals surface area contributed by atoms with Crippen LogP contribution in [0.15, 0.2) is 24.3 Å². The van der Waals surface area contributed by atoms with Crippen LogP contribution in [0.4, 0.5) is 0 Å². The van der Waals surface area contributed by atoms with Crippen molar-refractivity contribution in [3.05, 3.63) is 35.4 Å². The van der Waals surface area contributed by atoms with E-state index in [2.05, 4.69) is 70.1 Å². The van der Waals surface area contributed by atoms with Gasteiger partial charge in [0.1, 0.15) is 11.0 Å². The van der Waals surface area contributed by atoms with Gasteiger partial charge in [0.25, 0.3) is 0 Å². The van der Waals surface area contributed by atoms with E-state index in [9.17, 15) is 4.21 Å². The molecule has 0 amide bonds. The first-order valence-corrected chi connectivity index (χ1v) is 9.00. The Morgan fingerprint density at radius 3 is 2.10 bits per heavy atom. The van der Waals surface area contributed by atoms with E-state index < -0.39 is 11.0 Å². The van der Waals surface area contributed by atoms with Crippen LogP contribution in [0.25, 0.3) is 0 Å². The van der Waals surface area contributed by atoms with Gasteiger partial charge >= 0.3 is 0 Å². The number of rotatable bonds is 2. The molecule has 2 nitrogen and oxygen atoms in total. The van der Waals surface area contributed by atoms with Gasteiger partial charge in [-0.05, 0) is 50.2 Å². The molecule has 0 unspecified atom stereocenters. The highest BCUT2D eigenvalue weighted by Gasteiger charge is 2.35. The minimum absolute atomic E-state index is 0.183. The zero-order valence-electron chi connectivity index (χ0n) is 14.3. The average Bonchev–Trinajstić information content (AvgIpc) is 2.84. The van der Waals surface area contributed by atoms with Crippen molar-refractivity contribution < 1.29 is 4.21 Å². The molecule has 0 aromatic heterocycles. The summed E-state index contributed by atoms with van der Waals surface area (Å²) >= 11 is 0. The molecule has 1 fully saturated rings. The lowest BCUT2D eigenvalue weighted by molar-refractivity contribution is 0.415. The molecule has 0 saturated carbocycles. The Bertz CT molecular complexity index is 508. The van der Waals surface area contributed by atoms with E-state index >= 15 is 0 Å². The zero-order chi connectivity index (χ0) is 15.8. The lowest BCUT2D eigenvalue weighted by atomic mass is 9.86. The van der Waals surface area contributed by atoms with Crippen molar-refractivity contribution >= 4 is 11.0 Å². The van der Waals surface area contributed by atoms with Gasteiger partial charge in [-0.15, -0.1) is 0 Å². The molecule has 21 heavy (non-hydrogen) atoms. The highest BCUT2D eigenvalue weighted by molar-refractivity contribution is 7.84. The molecule has 1 aliphatic heterocycles. The monoisotopic (exact) mass is 307 g/mol. The first-order chi connectivity index (χ1) is 9.60. The molecule has 2 rings (SSSR count). The normalized spacial score (nSPS) is 22.5. The number of benzene rings is 1. The fourth-order valence-electron chi connectivity index (χ4n) is 2.83. The number of hydrogen-bond donors (Lipinski definition) is 0. The Labute approximate surface area is 132 Å². The number of hydrogen-bond acceptors (Lipinski definition) is 1. The SMILES string of the molecule is CC(C)(C)c1ccc([C@@H]2CCCN2[S@](=O)C(C)(C)C)cc1. The summed E-state index contributed by atoms with van der Waals surface area (Å²) in [7, 11) is -0.932. The van der Waals surface area contributed by atoms with Crippen LogP contribution in [0.2, 0.25) is 0 Å². The maximum Gasteiger partial charge on any atom is 0.100 e. The van der Waals surface area contributed by atoms with Gasteiger partial charge in [-0.1, -0.05) is 45.0 Å². The molecular weight excluding hydrogens is 278 g/mol. The predicted octanol–water partition coefficient (Wildman–Crippen LogP) is 4.58. The summed E-state index contributed by atoms with van der Waals surface area (Å²) in [4.78, 5) is 0. The van der Waals surface area contributed by atoms with Gasteiger partial charge in [-0.2, -0.15) is 0 Å². The Balaban J connectivity index is 2.23. The van der Waals surface area contributed by atoms with Crippen LogP contribution in [0, 0.1) is 0 Å². The maximum atomic E-state index is 12.7. The van der Waals surface area contributed by atoms with Crippen LogP contribution in [0.1, 0.15) is 71.6 Å². The highest BCUT2D eigenvalue weighted by Crippen LogP contribution is 2.36. The van der Waals surface area contributed by atoms with Gasteiger partial charge in [0.2, 0.25) is 0 Å². The molecule has 0 spiro atoms. The molecule has 0 bridgehead atoms. The standard InChI is InChI=1S/C18H29NOS/c1-17(2,3)15-11-9-14(10-12-15)16-8-7-13-19(16)21(20)18(4,5)6/h9-12,16H,7-8,13H2,1-6H3/t16-,21+/m0/s1. The molecule has 2 atom stereocenters. The van der Waals surface area contributed by atoms with E-state index in [0.717, 1.165) is 19.4 Å². The van der Waals surface area contributed by atoms with Crippen molar-refractivity contribution in [2.24, 2.45) is 0 Å². The molecular formula is C18H29NOS. The third-order valence-corrected chi connectivity index (χ3v) is 6.01. The average molecular weight is 308 g/mol. The molecule has 1 saturated heterocycles. The third-order valence-electron chi connectivity index (χ3n) is 4.10. The van der Waals surface area contributed by atoms with Crippen molar-refractivity contribution in [3.8, 4) is 0 Å². The second-order valence-electron chi connectivity index (χ2n) is 8.03. The van der Waals surface area contributed by atoms with E-state index in [-0.39, 0.29) is 10.2 Å². The van der Waals surface area contributed by atoms with Crippen molar-refractivity contribution in [2.45, 2.75) is 70.6 Å². The van der Waals surface area contributed by atoms with Gasteiger partial charge < -0.3 is 0 Å². The van der Waals surface area contributed by atoms with Gasteiger partial charge in [0, 0.05) is 12.6 Å². The summed E-state index contributed by atoms with van der Waals surface area (Å²) in [5.74, 6) is 0. The molecule has 0 aliphatic carbocycles. The number of nitrogens with zero attached hydrogens (tertiary/aromatic N) is 1. The lowest BCUT2D eigenvalue weighted by Crippen LogP contribution is -2.37. The summed E-state index contributed by atoms with van der Waals surface area (Å²) in [6.45, 7) is 13.8. The molecule has 1 aromatic carbocycles. The third kappa shape index (κ3) is 3.75. The van der Waals surface area contributed by atoms with Gasteiger partial charge in [-0.3, -0.25) is 0 Å². The minimum Gasteiger partial charge on any atom is -0.242 e. The molecule has 1 aliphatic rings. The molecule has 118 valence electrons. The molecule has 1 aromatic rings. The van der Waals surface area contributed by atoms with E-state index in [1.807, 2.05) is 0 Å². The predicted molar refractivity (Wildman–Crippen MR) is 91.7 cm³/mol. The Morgan fingerprint density at radius 1 is 1.05 bits per heavy atom. The molecule has 0 radical (unpaired) electrons. The second kappa shape index (κ2) is 5.85. The fraction of sp³-hybridized carbons (Fsp3) is 0.667. The van der Waals surface area contributed by atoms with E-state index in [1.165, 1.54) is 11.1 Å². The highest BCUT2D eigenvalue weighted by atomic mass is 32.2. The lowest BCUT2D eigenvalue weighted by Gasteiger charge is -2.30. The van der Waals surface area contributed by atoms with E-state index in [1.54, 1.807) is 0 Å². The largest absolute Gasteiger partial charge is 0.242 e. The van der Waals surface area contributed by atoms with Gasteiger partial charge in [0.15, 0.2) is 0 Å². The zero-order valence-corrected chi connectivity index (χ0v) is 15.1. The van der Waals surface area contributed by atoms with Crippen molar-refractivity contribution in [1.82, 2.24) is 4.31 Å². The minimum atomic E-state index is -0.932. The van der Waals surface area contributed by atoms with Crippen LogP contribution in [0.5, 0.6) is 0 Å². The van der Waals surface area contributed by atoms with E-state index in [0.29, 0.717) is 6.04 Å². The summed E-state index contributed by atoms with van der Waals surface area (Å²) in [5, 5.41) is 0. The van der Waals surface area contributed by atoms with E-state index in [4.69, 9.17) is 0 Å². The summed E-state index contributed by atoms with van der Waals surface area (Å²) in [6.07, 6.45) is 2.24. The first-order valence-electron chi connectivity index (χ1n) is 7.90.